The third-order valence-corrected chi connectivity index (χ3v) is 9.72. The molecule has 7 rings (SSSR count). The number of H-pyrrole nitrogens is 1. The molecule has 41 heavy (non-hydrogen) atoms. The Bertz CT molecular complexity index is 1550. The van der Waals surface area contributed by atoms with E-state index in [1.165, 1.54) is 45.4 Å². The molecule has 3 atom stereocenters. The SMILES string of the molecule is CN1CC[C@@H]2[C@H](C1)c1cc(C3CCCN(C(=O)OCc4ccccc4)CCc4c3[nH]c3ccccc43)ccc1N2C. The Hall–Kier alpha value is -3.77. The standard InChI is InChI=1S/C35H40N4O2/c1-37-19-17-33-30(22-37)29-21-25(14-15-32(29)38(33)2)26-12-8-18-39(35(40)41-23-24-9-4-3-5-10-24)20-16-28-27-11-6-7-13-31(27)36-34(26)28/h3-7,9-11,13-15,21,26,30,33,36H,8,12,16-20,22-23H2,1-2H3/t26?,30-,33-/m1/s1. The molecule has 3 aliphatic heterocycles. The Balaban J connectivity index is 1.20. The van der Waals surface area contributed by atoms with Crippen molar-refractivity contribution >= 4 is 22.7 Å². The minimum atomic E-state index is -0.221. The molecular formula is C35H40N4O2. The number of fused-ring (bicyclic) bond motifs is 6. The van der Waals surface area contributed by atoms with E-state index < -0.39 is 0 Å². The van der Waals surface area contributed by atoms with E-state index in [4.69, 9.17) is 4.74 Å². The number of rotatable bonds is 3. The number of amides is 1. The number of carbonyl (C=O) groups is 1. The molecule has 1 saturated heterocycles. The molecule has 0 spiro atoms. The summed E-state index contributed by atoms with van der Waals surface area (Å²) in [4.78, 5) is 24.0. The molecule has 212 valence electrons. The van der Waals surface area contributed by atoms with E-state index in [2.05, 4.69) is 71.3 Å². The number of benzene rings is 3. The summed E-state index contributed by atoms with van der Waals surface area (Å²) >= 11 is 0. The highest BCUT2D eigenvalue weighted by molar-refractivity contribution is 5.85. The van der Waals surface area contributed by atoms with Crippen LogP contribution in [0.25, 0.3) is 10.9 Å². The lowest BCUT2D eigenvalue weighted by Crippen LogP contribution is -2.43. The summed E-state index contributed by atoms with van der Waals surface area (Å²) in [5, 5.41) is 1.27. The predicted octanol–water partition coefficient (Wildman–Crippen LogP) is 6.51. The van der Waals surface area contributed by atoms with Crippen LogP contribution in [0.5, 0.6) is 0 Å². The van der Waals surface area contributed by atoms with Gasteiger partial charge >= 0.3 is 6.09 Å². The molecule has 1 aromatic heterocycles. The van der Waals surface area contributed by atoms with Gasteiger partial charge in [-0.3, -0.25) is 0 Å². The van der Waals surface area contributed by atoms with Gasteiger partial charge in [-0.25, -0.2) is 4.79 Å². The number of carbonyl (C=O) groups excluding carboxylic acids is 1. The van der Waals surface area contributed by atoms with Crippen LogP contribution in [0.4, 0.5) is 10.5 Å². The van der Waals surface area contributed by atoms with E-state index in [9.17, 15) is 4.79 Å². The number of likely N-dealkylation sites (N-methyl/N-ethyl adjacent to an activating group) is 2. The summed E-state index contributed by atoms with van der Waals surface area (Å²) in [6.45, 7) is 3.94. The molecule has 3 aromatic carbocycles. The van der Waals surface area contributed by atoms with E-state index in [1.807, 2.05) is 35.2 Å². The molecule has 3 aliphatic rings. The monoisotopic (exact) mass is 548 g/mol. The van der Waals surface area contributed by atoms with Crippen LogP contribution < -0.4 is 4.90 Å². The van der Waals surface area contributed by atoms with Gasteiger partial charge in [-0.15, -0.1) is 0 Å². The van der Waals surface area contributed by atoms with Gasteiger partial charge in [0, 0.05) is 66.8 Å². The summed E-state index contributed by atoms with van der Waals surface area (Å²) in [5.41, 5.74) is 9.12. The smallest absolute Gasteiger partial charge is 0.410 e. The maximum atomic E-state index is 13.2. The first-order valence-electron chi connectivity index (χ1n) is 15.2. The highest BCUT2D eigenvalue weighted by Gasteiger charge is 2.40. The molecule has 0 radical (unpaired) electrons. The van der Waals surface area contributed by atoms with Crippen molar-refractivity contribution in [2.75, 3.05) is 45.2 Å². The highest BCUT2D eigenvalue weighted by Crippen LogP contribution is 2.46. The van der Waals surface area contributed by atoms with Gasteiger partial charge in [0.25, 0.3) is 0 Å². The minimum Gasteiger partial charge on any atom is -0.445 e. The van der Waals surface area contributed by atoms with Gasteiger partial charge < -0.3 is 24.4 Å². The van der Waals surface area contributed by atoms with E-state index in [0.29, 0.717) is 31.7 Å². The van der Waals surface area contributed by atoms with Crippen LogP contribution in [0, 0.1) is 0 Å². The molecule has 0 aliphatic carbocycles. The van der Waals surface area contributed by atoms with E-state index >= 15 is 0 Å². The Labute approximate surface area is 242 Å². The molecule has 4 heterocycles. The third kappa shape index (κ3) is 4.88. The van der Waals surface area contributed by atoms with Crippen molar-refractivity contribution in [3.8, 4) is 0 Å². The molecule has 1 fully saturated rings. The fourth-order valence-corrected chi connectivity index (χ4v) is 7.56. The molecule has 1 amide bonds. The maximum Gasteiger partial charge on any atom is 0.410 e. The van der Waals surface area contributed by atoms with Gasteiger partial charge in [0.1, 0.15) is 6.61 Å². The quantitative estimate of drug-likeness (QED) is 0.317. The number of aromatic amines is 1. The number of nitrogens with one attached hydrogen (secondary N) is 1. The molecule has 0 bridgehead atoms. The normalized spacial score (nSPS) is 22.8. The average molecular weight is 549 g/mol. The van der Waals surface area contributed by atoms with Gasteiger partial charge in [0.05, 0.1) is 0 Å². The van der Waals surface area contributed by atoms with E-state index in [1.54, 1.807) is 0 Å². The number of anilines is 1. The van der Waals surface area contributed by atoms with Crippen LogP contribution in [0.15, 0.2) is 72.8 Å². The molecule has 4 aromatic rings. The second-order valence-corrected chi connectivity index (χ2v) is 12.2. The summed E-state index contributed by atoms with van der Waals surface area (Å²) in [5.74, 6) is 0.816. The molecule has 0 saturated carbocycles. The topological polar surface area (TPSA) is 51.8 Å². The summed E-state index contributed by atoms with van der Waals surface area (Å²) in [7, 11) is 4.53. The zero-order valence-corrected chi connectivity index (χ0v) is 24.2. The van der Waals surface area contributed by atoms with E-state index in [-0.39, 0.29) is 12.0 Å². The second kappa shape index (κ2) is 10.9. The minimum absolute atomic E-state index is 0.221. The number of nitrogens with zero attached hydrogens (tertiary/aromatic N) is 3. The second-order valence-electron chi connectivity index (χ2n) is 12.2. The number of likely N-dealkylation sites (tertiary alicyclic amines) is 1. The van der Waals surface area contributed by atoms with Gasteiger partial charge in [-0.1, -0.05) is 60.7 Å². The fourth-order valence-electron chi connectivity index (χ4n) is 7.56. The lowest BCUT2D eigenvalue weighted by Gasteiger charge is -2.35. The van der Waals surface area contributed by atoms with Crippen molar-refractivity contribution in [2.24, 2.45) is 0 Å². The van der Waals surface area contributed by atoms with Gasteiger partial charge in [-0.05, 0) is 73.7 Å². The van der Waals surface area contributed by atoms with Crippen LogP contribution in [0.3, 0.4) is 0 Å². The summed E-state index contributed by atoms with van der Waals surface area (Å²) in [6, 6.07) is 26.4. The van der Waals surface area contributed by atoms with Crippen molar-refractivity contribution in [3.63, 3.8) is 0 Å². The number of ether oxygens (including phenoxy) is 1. The predicted molar refractivity (Wildman–Crippen MR) is 165 cm³/mol. The Morgan fingerprint density at radius 1 is 0.951 bits per heavy atom. The van der Waals surface area contributed by atoms with Crippen molar-refractivity contribution in [1.29, 1.82) is 0 Å². The third-order valence-electron chi connectivity index (χ3n) is 9.72. The number of para-hydroxylation sites is 1. The molecule has 6 nitrogen and oxygen atoms in total. The Morgan fingerprint density at radius 3 is 2.66 bits per heavy atom. The van der Waals surface area contributed by atoms with Gasteiger partial charge in [0.2, 0.25) is 0 Å². The molecule has 1 unspecified atom stereocenters. The van der Waals surface area contributed by atoms with Crippen molar-refractivity contribution in [2.45, 2.75) is 50.2 Å². The van der Waals surface area contributed by atoms with Crippen molar-refractivity contribution in [3.05, 3.63) is 101 Å². The first kappa shape index (κ1) is 26.1. The zero-order valence-electron chi connectivity index (χ0n) is 24.2. The van der Waals surface area contributed by atoms with Gasteiger partial charge in [0.15, 0.2) is 0 Å². The van der Waals surface area contributed by atoms with Crippen LogP contribution in [0.2, 0.25) is 0 Å². The van der Waals surface area contributed by atoms with Crippen LogP contribution in [-0.2, 0) is 17.8 Å². The van der Waals surface area contributed by atoms with Crippen LogP contribution in [0.1, 0.15) is 59.0 Å². The van der Waals surface area contributed by atoms with Crippen LogP contribution >= 0.6 is 0 Å². The number of hydrogen-bond acceptors (Lipinski definition) is 4. The Kier molecular flexibility index (Phi) is 6.95. The first-order valence-corrected chi connectivity index (χ1v) is 15.2. The van der Waals surface area contributed by atoms with Crippen molar-refractivity contribution in [1.82, 2.24) is 14.8 Å². The van der Waals surface area contributed by atoms with Crippen LogP contribution in [-0.4, -0.2) is 67.2 Å². The highest BCUT2D eigenvalue weighted by atomic mass is 16.6. The Morgan fingerprint density at radius 2 is 1.78 bits per heavy atom. The lowest BCUT2D eigenvalue weighted by molar-refractivity contribution is 0.0960. The molecule has 6 heteroatoms. The lowest BCUT2D eigenvalue weighted by atomic mass is 9.84. The number of aromatic nitrogens is 1. The number of piperidine rings is 1. The number of hydrogen-bond donors (Lipinski definition) is 1. The average Bonchev–Trinajstić information content (AvgIpc) is 3.52. The summed E-state index contributed by atoms with van der Waals surface area (Å²) in [6.07, 6.45) is 3.70. The fraction of sp³-hybridized carbons (Fsp3) is 0.400. The van der Waals surface area contributed by atoms with E-state index in [0.717, 1.165) is 37.9 Å². The van der Waals surface area contributed by atoms with Gasteiger partial charge in [-0.2, -0.15) is 0 Å². The largest absolute Gasteiger partial charge is 0.445 e. The van der Waals surface area contributed by atoms with Crippen molar-refractivity contribution < 1.29 is 9.53 Å². The molecular weight excluding hydrogens is 508 g/mol. The summed E-state index contributed by atoms with van der Waals surface area (Å²) < 4.78 is 5.76. The zero-order chi connectivity index (χ0) is 27.9. The maximum absolute atomic E-state index is 13.2. The first-order chi connectivity index (χ1) is 20.1. The molecule has 1 N–H and O–H groups in total.